The lowest BCUT2D eigenvalue weighted by Gasteiger charge is -2.15. The summed E-state index contributed by atoms with van der Waals surface area (Å²) >= 11 is 0. The van der Waals surface area contributed by atoms with Crippen LogP contribution in [0.15, 0.2) is 30.5 Å². The Bertz CT molecular complexity index is 564. The van der Waals surface area contributed by atoms with Crippen LogP contribution in [0.2, 0.25) is 0 Å². The van der Waals surface area contributed by atoms with Crippen molar-refractivity contribution in [1.29, 1.82) is 0 Å². The van der Waals surface area contributed by atoms with E-state index in [4.69, 9.17) is 0 Å². The van der Waals surface area contributed by atoms with Gasteiger partial charge in [0, 0.05) is 29.1 Å². The highest BCUT2D eigenvalue weighted by atomic mass is 14.9. The molecule has 1 unspecified atom stereocenters. The molecule has 19 heavy (non-hydrogen) atoms. The Balaban J connectivity index is 2.33. The van der Waals surface area contributed by atoms with E-state index < -0.39 is 0 Å². The first-order valence-corrected chi connectivity index (χ1v) is 6.75. The fourth-order valence-electron chi connectivity index (χ4n) is 2.24. The van der Waals surface area contributed by atoms with Crippen LogP contribution in [0.25, 0.3) is 11.4 Å². The smallest absolute Gasteiger partial charge is 0.159 e. The Morgan fingerprint density at radius 1 is 1.26 bits per heavy atom. The molecule has 1 aromatic carbocycles. The molecule has 1 atom stereocenters. The number of aryl methyl sites for hydroxylation is 2. The number of benzene rings is 1. The van der Waals surface area contributed by atoms with Gasteiger partial charge in [-0.3, -0.25) is 0 Å². The molecule has 1 aromatic heterocycles. The molecule has 0 bridgehead atoms. The molecule has 100 valence electrons. The number of hydrogen-bond donors (Lipinski definition) is 1. The van der Waals surface area contributed by atoms with E-state index in [2.05, 4.69) is 54.3 Å². The Kier molecular flexibility index (Phi) is 4.27. The molecule has 3 nitrogen and oxygen atoms in total. The van der Waals surface area contributed by atoms with Crippen LogP contribution in [-0.4, -0.2) is 16.5 Å². The molecule has 2 aromatic rings. The van der Waals surface area contributed by atoms with Crippen LogP contribution < -0.4 is 5.32 Å². The molecule has 0 amide bonds. The van der Waals surface area contributed by atoms with Crippen LogP contribution in [0.1, 0.15) is 36.7 Å². The van der Waals surface area contributed by atoms with Crippen LogP contribution in [0.5, 0.6) is 0 Å². The molecule has 1 N–H and O–H groups in total. The number of aromatic nitrogens is 2. The zero-order chi connectivity index (χ0) is 13.8. The van der Waals surface area contributed by atoms with E-state index in [0.29, 0.717) is 0 Å². The molecule has 0 fully saturated rings. The van der Waals surface area contributed by atoms with Crippen molar-refractivity contribution in [1.82, 2.24) is 15.3 Å². The predicted molar refractivity (Wildman–Crippen MR) is 79.0 cm³/mol. The van der Waals surface area contributed by atoms with Crippen LogP contribution >= 0.6 is 0 Å². The fraction of sp³-hybridized carbons (Fsp3) is 0.375. The lowest BCUT2D eigenvalue weighted by atomic mass is 10.1. The van der Waals surface area contributed by atoms with Gasteiger partial charge < -0.3 is 5.32 Å². The van der Waals surface area contributed by atoms with Gasteiger partial charge in [0.15, 0.2) is 5.82 Å². The topological polar surface area (TPSA) is 37.8 Å². The Labute approximate surface area is 115 Å². The number of nitrogens with one attached hydrogen (secondary N) is 1. The minimum Gasteiger partial charge on any atom is -0.310 e. The quantitative estimate of drug-likeness (QED) is 0.909. The maximum Gasteiger partial charge on any atom is 0.159 e. The Hall–Kier alpha value is -1.74. The number of rotatable bonds is 4. The Morgan fingerprint density at radius 2 is 2.05 bits per heavy atom. The van der Waals surface area contributed by atoms with Gasteiger partial charge in [-0.1, -0.05) is 30.7 Å². The van der Waals surface area contributed by atoms with E-state index in [9.17, 15) is 0 Å². The zero-order valence-corrected chi connectivity index (χ0v) is 12.1. The molecule has 0 spiro atoms. The fourth-order valence-corrected chi connectivity index (χ4v) is 2.24. The first-order valence-electron chi connectivity index (χ1n) is 6.75. The van der Waals surface area contributed by atoms with E-state index in [1.807, 2.05) is 19.2 Å². The highest BCUT2D eigenvalue weighted by molar-refractivity contribution is 5.56. The maximum atomic E-state index is 4.64. The maximum absolute atomic E-state index is 4.64. The second-order valence-corrected chi connectivity index (χ2v) is 4.88. The summed E-state index contributed by atoms with van der Waals surface area (Å²) in [6, 6.07) is 8.57. The van der Waals surface area contributed by atoms with Gasteiger partial charge in [0.1, 0.15) is 0 Å². The van der Waals surface area contributed by atoms with Crippen LogP contribution in [-0.2, 0) is 0 Å². The molecule has 0 aliphatic heterocycles. The van der Waals surface area contributed by atoms with Crippen molar-refractivity contribution >= 4 is 0 Å². The van der Waals surface area contributed by atoms with E-state index in [0.717, 1.165) is 23.6 Å². The largest absolute Gasteiger partial charge is 0.310 e. The number of hydrogen-bond acceptors (Lipinski definition) is 3. The first kappa shape index (κ1) is 13.7. The van der Waals surface area contributed by atoms with Crippen molar-refractivity contribution in [3.05, 3.63) is 47.3 Å². The third kappa shape index (κ3) is 3.18. The van der Waals surface area contributed by atoms with Crippen molar-refractivity contribution in [3.63, 3.8) is 0 Å². The van der Waals surface area contributed by atoms with Crippen molar-refractivity contribution in [2.24, 2.45) is 0 Å². The van der Waals surface area contributed by atoms with Gasteiger partial charge in [0.2, 0.25) is 0 Å². The summed E-state index contributed by atoms with van der Waals surface area (Å²) in [5, 5.41) is 3.39. The normalized spacial score (nSPS) is 12.4. The highest BCUT2D eigenvalue weighted by Crippen LogP contribution is 2.20. The first-order chi connectivity index (χ1) is 9.11. The van der Waals surface area contributed by atoms with Gasteiger partial charge >= 0.3 is 0 Å². The van der Waals surface area contributed by atoms with Gasteiger partial charge in [0.05, 0.1) is 0 Å². The van der Waals surface area contributed by atoms with Gasteiger partial charge in [-0.15, -0.1) is 0 Å². The van der Waals surface area contributed by atoms with Crippen molar-refractivity contribution < 1.29 is 0 Å². The van der Waals surface area contributed by atoms with Gasteiger partial charge in [0.25, 0.3) is 0 Å². The summed E-state index contributed by atoms with van der Waals surface area (Å²) in [6.07, 6.45) is 1.94. The molecule has 0 saturated heterocycles. The third-order valence-corrected chi connectivity index (χ3v) is 3.27. The lowest BCUT2D eigenvalue weighted by Crippen LogP contribution is -2.19. The van der Waals surface area contributed by atoms with E-state index in [-0.39, 0.29) is 6.04 Å². The van der Waals surface area contributed by atoms with E-state index >= 15 is 0 Å². The molecule has 0 aliphatic rings. The molecule has 0 aliphatic carbocycles. The Morgan fingerprint density at radius 3 is 2.68 bits per heavy atom. The molecule has 0 saturated carbocycles. The summed E-state index contributed by atoms with van der Waals surface area (Å²) in [7, 11) is 0. The molecule has 1 heterocycles. The molecule has 2 rings (SSSR count). The summed E-state index contributed by atoms with van der Waals surface area (Å²) in [6.45, 7) is 9.32. The summed E-state index contributed by atoms with van der Waals surface area (Å²) in [5.41, 5.74) is 4.51. The van der Waals surface area contributed by atoms with E-state index in [1.54, 1.807) is 0 Å². The molecular formula is C16H21N3. The van der Waals surface area contributed by atoms with Crippen molar-refractivity contribution in [2.45, 2.75) is 33.7 Å². The van der Waals surface area contributed by atoms with Gasteiger partial charge in [-0.2, -0.15) is 0 Å². The van der Waals surface area contributed by atoms with Crippen LogP contribution in [0, 0.1) is 13.8 Å². The SMILES string of the molecule is CCNC(C)c1cnc(-c2cccc(C)c2)nc1C. The summed E-state index contributed by atoms with van der Waals surface area (Å²) in [5.74, 6) is 0.800. The minimum absolute atomic E-state index is 0.288. The average molecular weight is 255 g/mol. The lowest BCUT2D eigenvalue weighted by molar-refractivity contribution is 0.590. The van der Waals surface area contributed by atoms with Crippen LogP contribution in [0.4, 0.5) is 0 Å². The monoisotopic (exact) mass is 255 g/mol. The van der Waals surface area contributed by atoms with Gasteiger partial charge in [-0.25, -0.2) is 9.97 Å². The van der Waals surface area contributed by atoms with Gasteiger partial charge in [-0.05, 0) is 33.4 Å². The molecule has 3 heteroatoms. The average Bonchev–Trinajstić information content (AvgIpc) is 2.38. The highest BCUT2D eigenvalue weighted by Gasteiger charge is 2.10. The minimum atomic E-state index is 0.288. The number of nitrogens with zero attached hydrogens (tertiary/aromatic N) is 2. The zero-order valence-electron chi connectivity index (χ0n) is 12.1. The predicted octanol–water partition coefficient (Wildman–Crippen LogP) is 3.43. The molecular weight excluding hydrogens is 234 g/mol. The summed E-state index contributed by atoms with van der Waals surface area (Å²) in [4.78, 5) is 9.14. The summed E-state index contributed by atoms with van der Waals surface area (Å²) < 4.78 is 0. The second-order valence-electron chi connectivity index (χ2n) is 4.88. The molecule has 0 radical (unpaired) electrons. The third-order valence-electron chi connectivity index (χ3n) is 3.27. The van der Waals surface area contributed by atoms with Crippen molar-refractivity contribution in [3.8, 4) is 11.4 Å². The van der Waals surface area contributed by atoms with Crippen molar-refractivity contribution in [2.75, 3.05) is 6.54 Å². The van der Waals surface area contributed by atoms with Crippen LogP contribution in [0.3, 0.4) is 0 Å². The second kappa shape index (κ2) is 5.93. The standard InChI is InChI=1S/C16H21N3/c1-5-17-12(3)15-10-18-16(19-13(15)4)14-8-6-7-11(2)9-14/h6-10,12,17H,5H2,1-4H3. The van der Waals surface area contributed by atoms with E-state index in [1.165, 1.54) is 11.1 Å².